The van der Waals surface area contributed by atoms with Crippen LogP contribution in [0.5, 0.6) is 17.2 Å². The second-order valence-electron chi connectivity index (χ2n) is 9.54. The fourth-order valence-electron chi connectivity index (χ4n) is 5.39. The standard InChI is InChI=1S/C26H37N5O6/c1-3-4-8-30(10-6-27)23(32)15-31-14-19(18-12-21(35-2)25-22(13-18)36-17-37-25)24(26(33)34)20(31)5-9-29-11-7-28-16-29/h7,11-13,16,19-20,24H,3-6,8-10,14-15,17,27H2,1-2H3,(H,33,34)/t19-,20+,24-/m1/s1. The number of imidazole rings is 1. The predicted molar refractivity (Wildman–Crippen MR) is 136 cm³/mol. The molecule has 4 rings (SSSR count). The molecule has 2 aromatic rings. The minimum Gasteiger partial charge on any atom is -0.493 e. The number of hydrogen-bond acceptors (Lipinski definition) is 8. The number of amides is 1. The highest BCUT2D eigenvalue weighted by molar-refractivity contribution is 5.79. The number of carbonyl (C=O) groups is 2. The van der Waals surface area contributed by atoms with E-state index in [1.165, 1.54) is 0 Å². The van der Waals surface area contributed by atoms with Crippen LogP contribution in [0.2, 0.25) is 0 Å². The van der Waals surface area contributed by atoms with Gasteiger partial charge in [0, 0.05) is 57.1 Å². The molecule has 2 aliphatic heterocycles. The van der Waals surface area contributed by atoms with E-state index in [0.717, 1.165) is 18.4 Å². The molecule has 11 heteroatoms. The van der Waals surface area contributed by atoms with Crippen LogP contribution in [0.1, 0.15) is 37.7 Å². The van der Waals surface area contributed by atoms with E-state index in [1.807, 2.05) is 27.8 Å². The van der Waals surface area contributed by atoms with E-state index in [1.54, 1.807) is 24.5 Å². The van der Waals surface area contributed by atoms with Crippen molar-refractivity contribution in [3.05, 3.63) is 36.4 Å². The molecule has 0 aliphatic carbocycles. The van der Waals surface area contributed by atoms with Crippen molar-refractivity contribution in [2.24, 2.45) is 11.7 Å². The molecule has 1 amide bonds. The van der Waals surface area contributed by atoms with E-state index in [0.29, 0.717) is 56.4 Å². The average Bonchev–Trinajstić information content (AvgIpc) is 3.64. The fourth-order valence-corrected chi connectivity index (χ4v) is 5.39. The number of fused-ring (bicyclic) bond motifs is 1. The first-order chi connectivity index (χ1) is 18.0. The minimum absolute atomic E-state index is 0.0282. The van der Waals surface area contributed by atoms with Crippen LogP contribution in [0.15, 0.2) is 30.9 Å². The first kappa shape index (κ1) is 26.7. The number of carboxylic acid groups (broad SMARTS) is 1. The molecule has 11 nitrogen and oxygen atoms in total. The van der Waals surface area contributed by atoms with Crippen LogP contribution in [-0.2, 0) is 16.1 Å². The summed E-state index contributed by atoms with van der Waals surface area (Å²) < 4.78 is 18.6. The van der Waals surface area contributed by atoms with Crippen LogP contribution in [0.25, 0.3) is 0 Å². The molecule has 0 bridgehead atoms. The molecule has 3 N–H and O–H groups in total. The van der Waals surface area contributed by atoms with Gasteiger partial charge in [-0.2, -0.15) is 0 Å². The van der Waals surface area contributed by atoms with Crippen molar-refractivity contribution in [3.63, 3.8) is 0 Å². The van der Waals surface area contributed by atoms with Gasteiger partial charge >= 0.3 is 5.97 Å². The van der Waals surface area contributed by atoms with Crippen molar-refractivity contribution in [2.75, 3.05) is 46.6 Å². The molecule has 0 radical (unpaired) electrons. The summed E-state index contributed by atoms with van der Waals surface area (Å²) in [6.45, 7) is 4.84. The average molecular weight is 516 g/mol. The highest BCUT2D eigenvalue weighted by Crippen LogP contribution is 2.47. The van der Waals surface area contributed by atoms with Crippen molar-refractivity contribution in [1.29, 1.82) is 0 Å². The number of unbranched alkanes of at least 4 members (excludes halogenated alkanes) is 1. The summed E-state index contributed by atoms with van der Waals surface area (Å²) in [5.41, 5.74) is 6.57. The molecular formula is C26H37N5O6. The number of nitrogens with two attached hydrogens (primary N) is 1. The Morgan fingerprint density at radius 1 is 1.30 bits per heavy atom. The number of aliphatic carboxylic acids is 1. The zero-order valence-electron chi connectivity index (χ0n) is 21.5. The summed E-state index contributed by atoms with van der Waals surface area (Å²) in [5.74, 6) is -0.436. The van der Waals surface area contributed by atoms with Gasteiger partial charge in [0.1, 0.15) is 0 Å². The van der Waals surface area contributed by atoms with Gasteiger partial charge in [-0.15, -0.1) is 0 Å². The van der Waals surface area contributed by atoms with Crippen LogP contribution in [-0.4, -0.2) is 89.0 Å². The molecule has 37 heavy (non-hydrogen) atoms. The number of likely N-dealkylation sites (tertiary alicyclic amines) is 1. The topological polar surface area (TPSA) is 132 Å². The Balaban J connectivity index is 1.63. The first-order valence-electron chi connectivity index (χ1n) is 12.8. The number of ether oxygens (including phenoxy) is 3. The third-order valence-corrected chi connectivity index (χ3v) is 7.26. The van der Waals surface area contributed by atoms with E-state index in [4.69, 9.17) is 19.9 Å². The molecule has 1 aromatic heterocycles. The summed E-state index contributed by atoms with van der Waals surface area (Å²) in [6.07, 6.45) is 7.70. The summed E-state index contributed by atoms with van der Waals surface area (Å²) in [7, 11) is 1.55. The van der Waals surface area contributed by atoms with Gasteiger partial charge in [0.15, 0.2) is 11.5 Å². The van der Waals surface area contributed by atoms with Crippen molar-refractivity contribution in [1.82, 2.24) is 19.4 Å². The summed E-state index contributed by atoms with van der Waals surface area (Å²) >= 11 is 0. The Morgan fingerprint density at radius 2 is 2.14 bits per heavy atom. The molecule has 1 saturated heterocycles. The van der Waals surface area contributed by atoms with Gasteiger partial charge in [0.25, 0.3) is 0 Å². The lowest BCUT2D eigenvalue weighted by atomic mass is 9.84. The molecule has 202 valence electrons. The molecule has 1 aromatic carbocycles. The molecule has 0 spiro atoms. The van der Waals surface area contributed by atoms with Gasteiger partial charge in [0.05, 0.1) is 25.9 Å². The molecule has 3 heterocycles. The maximum absolute atomic E-state index is 13.4. The van der Waals surface area contributed by atoms with E-state index in [9.17, 15) is 14.7 Å². The second kappa shape index (κ2) is 12.3. The lowest BCUT2D eigenvalue weighted by Crippen LogP contribution is -2.46. The van der Waals surface area contributed by atoms with Crippen LogP contribution in [0.3, 0.4) is 0 Å². The maximum atomic E-state index is 13.4. The van der Waals surface area contributed by atoms with Crippen molar-refractivity contribution >= 4 is 11.9 Å². The van der Waals surface area contributed by atoms with E-state index in [2.05, 4.69) is 11.9 Å². The van der Waals surface area contributed by atoms with Crippen LogP contribution >= 0.6 is 0 Å². The Labute approximate surface area is 217 Å². The first-order valence-corrected chi connectivity index (χ1v) is 12.8. The summed E-state index contributed by atoms with van der Waals surface area (Å²) in [5, 5.41) is 10.4. The minimum atomic E-state index is -0.892. The monoisotopic (exact) mass is 515 g/mol. The number of methoxy groups -OCH3 is 1. The lowest BCUT2D eigenvalue weighted by Gasteiger charge is -2.29. The number of rotatable bonds is 13. The number of nitrogens with zero attached hydrogens (tertiary/aromatic N) is 4. The number of carbonyl (C=O) groups excluding carboxylic acids is 1. The molecular weight excluding hydrogens is 478 g/mol. The number of carboxylic acids is 1. The van der Waals surface area contributed by atoms with Crippen molar-refractivity contribution in [3.8, 4) is 17.2 Å². The smallest absolute Gasteiger partial charge is 0.308 e. The van der Waals surface area contributed by atoms with Gasteiger partial charge in [0.2, 0.25) is 18.4 Å². The normalized spacial score (nSPS) is 20.8. The SMILES string of the molecule is CCCCN(CCN)C(=O)CN1C[C@H](c2cc(OC)c3c(c2)OCO3)[C@@H](C(=O)O)[C@@H]1CCn1ccnc1. The fraction of sp³-hybridized carbons (Fsp3) is 0.577. The number of hydrogen-bond donors (Lipinski definition) is 2. The zero-order valence-corrected chi connectivity index (χ0v) is 21.5. The third kappa shape index (κ3) is 5.99. The largest absolute Gasteiger partial charge is 0.493 e. The molecule has 0 saturated carbocycles. The molecule has 1 fully saturated rings. The molecule has 3 atom stereocenters. The van der Waals surface area contributed by atoms with Crippen LogP contribution in [0.4, 0.5) is 0 Å². The number of aryl methyl sites for hydroxylation is 1. The Hall–Kier alpha value is -3.31. The van der Waals surface area contributed by atoms with Crippen molar-refractivity contribution < 1.29 is 28.9 Å². The van der Waals surface area contributed by atoms with Gasteiger partial charge < -0.3 is 34.5 Å². The highest BCUT2D eigenvalue weighted by Gasteiger charge is 2.47. The van der Waals surface area contributed by atoms with Gasteiger partial charge in [-0.25, -0.2) is 4.98 Å². The van der Waals surface area contributed by atoms with E-state index < -0.39 is 11.9 Å². The van der Waals surface area contributed by atoms with Gasteiger partial charge in [-0.1, -0.05) is 13.3 Å². The Morgan fingerprint density at radius 3 is 2.81 bits per heavy atom. The zero-order chi connectivity index (χ0) is 26.4. The second-order valence-corrected chi connectivity index (χ2v) is 9.54. The lowest BCUT2D eigenvalue weighted by molar-refractivity contribution is -0.144. The van der Waals surface area contributed by atoms with E-state index >= 15 is 0 Å². The molecule has 2 aliphatic rings. The maximum Gasteiger partial charge on any atom is 0.308 e. The van der Waals surface area contributed by atoms with Crippen LogP contribution < -0.4 is 19.9 Å². The summed E-state index contributed by atoms with van der Waals surface area (Å²) in [6, 6.07) is 3.32. The summed E-state index contributed by atoms with van der Waals surface area (Å²) in [4.78, 5) is 34.0. The van der Waals surface area contributed by atoms with Crippen molar-refractivity contribution in [2.45, 2.75) is 44.7 Å². The number of aromatic nitrogens is 2. The van der Waals surface area contributed by atoms with Gasteiger partial charge in [-0.05, 0) is 30.5 Å². The quantitative estimate of drug-likeness (QED) is 0.409. The highest BCUT2D eigenvalue weighted by atomic mass is 16.7. The van der Waals surface area contributed by atoms with Gasteiger partial charge in [-0.3, -0.25) is 14.5 Å². The van der Waals surface area contributed by atoms with Crippen LogP contribution in [0, 0.1) is 5.92 Å². The van der Waals surface area contributed by atoms with E-state index in [-0.39, 0.29) is 31.2 Å². The third-order valence-electron chi connectivity index (χ3n) is 7.26. The Bertz CT molecular complexity index is 1060. The Kier molecular flexibility index (Phi) is 8.88. The predicted octanol–water partition coefficient (Wildman–Crippen LogP) is 1.77. The molecule has 0 unspecified atom stereocenters. The number of benzene rings is 1.